The molecule has 3 amide bonds. The fourth-order valence-corrected chi connectivity index (χ4v) is 7.00. The summed E-state index contributed by atoms with van der Waals surface area (Å²) in [6.07, 6.45) is 6.66. The minimum Gasteiger partial charge on any atom is -0.475 e. The Labute approximate surface area is 294 Å². The maximum absolute atomic E-state index is 13.6. The molecule has 13 nitrogen and oxygen atoms in total. The first-order chi connectivity index (χ1) is 22.3. The zero-order chi connectivity index (χ0) is 33.9. The Kier molecular flexibility index (Phi) is 13.5. The average molecular weight is 703 g/mol. The number of amides is 3. The molecule has 14 heteroatoms. The molecule has 1 aliphatic carbocycles. The molecule has 2 aliphatic heterocycles. The van der Waals surface area contributed by atoms with E-state index in [1.807, 2.05) is 51.7 Å². The Hall–Kier alpha value is -3.88. The van der Waals surface area contributed by atoms with Gasteiger partial charge in [0, 0.05) is 62.9 Å². The molecule has 2 unspecified atom stereocenters. The van der Waals surface area contributed by atoms with Gasteiger partial charge in [0.15, 0.2) is 0 Å². The molecule has 0 bridgehead atoms. The van der Waals surface area contributed by atoms with Gasteiger partial charge in [0.2, 0.25) is 5.90 Å². The first-order valence-electron chi connectivity index (χ1n) is 16.6. The third-order valence-electron chi connectivity index (χ3n) is 8.84. The third-order valence-corrected chi connectivity index (χ3v) is 9.23. The fraction of sp³-hybridized carbons (Fsp3) is 0.571. The van der Waals surface area contributed by atoms with E-state index in [-0.39, 0.29) is 65.9 Å². The molecule has 1 aromatic carbocycles. The van der Waals surface area contributed by atoms with Gasteiger partial charge in [-0.1, -0.05) is 43.3 Å². The zero-order valence-corrected chi connectivity index (χ0v) is 30.2. The Morgan fingerprint density at radius 2 is 1.57 bits per heavy atom. The molecule has 3 heterocycles. The van der Waals surface area contributed by atoms with Crippen molar-refractivity contribution in [1.82, 2.24) is 19.5 Å². The van der Waals surface area contributed by atoms with Crippen LogP contribution in [-0.2, 0) is 9.47 Å². The number of benzene rings is 1. The normalized spacial score (nSPS) is 19.0. The van der Waals surface area contributed by atoms with Crippen molar-refractivity contribution in [2.75, 3.05) is 37.8 Å². The smallest absolute Gasteiger partial charge is 0.410 e. The van der Waals surface area contributed by atoms with E-state index in [1.54, 1.807) is 29.4 Å². The number of pyridine rings is 1. The Bertz CT molecular complexity index is 1480. The SMILES string of the molecule is CSNC(=O)c1cc(-c2ccc(C(=O)N3CC4CN(C(=O)OC(C)(C)C)CC4C3)cc2)c(C(=N)OC(C)C)c(NC2CCCCC2)n1.O.O.[HH]. The number of aromatic nitrogens is 1. The molecule has 3 aliphatic rings. The quantitative estimate of drug-likeness (QED) is 0.198. The molecular formula is C35H54N6O7S. The molecular weight excluding hydrogens is 648 g/mol. The van der Waals surface area contributed by atoms with E-state index in [0.29, 0.717) is 48.7 Å². The molecule has 49 heavy (non-hydrogen) atoms. The standard InChI is InChI=1S/C35H48N6O5S.2H2O.H2/c1-21(2)45-30(36)29-27(16-28(32(42)39-47-6)38-31(29)37-26-10-8-7-9-11-26)22-12-14-23(15-13-22)33(43)40-17-24-19-41(20-25(24)18-40)34(44)46-35(3,4)5;;;/h12-16,21,24-26,36H,7-11,17-20H2,1-6H3,(H,37,38)(H,39,42);2*1H2;1H. The molecule has 3 fully saturated rings. The lowest BCUT2D eigenvalue weighted by Gasteiger charge is -2.26. The van der Waals surface area contributed by atoms with Crippen molar-refractivity contribution in [3.05, 3.63) is 47.2 Å². The van der Waals surface area contributed by atoms with Crippen LogP contribution >= 0.6 is 11.9 Å². The molecule has 5 rings (SSSR count). The van der Waals surface area contributed by atoms with Gasteiger partial charge in [-0.15, -0.1) is 0 Å². The number of hydrogen-bond acceptors (Lipinski definition) is 9. The van der Waals surface area contributed by atoms with Crippen LogP contribution in [0, 0.1) is 17.2 Å². The molecule has 2 saturated heterocycles. The number of carbonyl (C=O) groups is 3. The number of fused-ring (bicyclic) bond motifs is 1. The van der Waals surface area contributed by atoms with Crippen LogP contribution in [0.15, 0.2) is 30.3 Å². The summed E-state index contributed by atoms with van der Waals surface area (Å²) in [5.41, 5.74) is 2.11. The maximum atomic E-state index is 13.6. The van der Waals surface area contributed by atoms with Crippen molar-refractivity contribution in [2.24, 2.45) is 11.8 Å². The lowest BCUT2D eigenvalue weighted by atomic mass is 9.94. The van der Waals surface area contributed by atoms with E-state index in [9.17, 15) is 14.4 Å². The summed E-state index contributed by atoms with van der Waals surface area (Å²) in [5.74, 6) is 0.485. The number of likely N-dealkylation sites (tertiary alicyclic amines) is 2. The van der Waals surface area contributed by atoms with Gasteiger partial charge in [-0.2, -0.15) is 0 Å². The molecule has 7 N–H and O–H groups in total. The van der Waals surface area contributed by atoms with Gasteiger partial charge < -0.3 is 35.5 Å². The minimum atomic E-state index is -0.544. The van der Waals surface area contributed by atoms with Crippen LogP contribution in [-0.4, -0.2) is 99.7 Å². The summed E-state index contributed by atoms with van der Waals surface area (Å²) in [7, 11) is 0. The molecule has 2 aromatic rings. The Morgan fingerprint density at radius 3 is 2.12 bits per heavy atom. The van der Waals surface area contributed by atoms with Gasteiger partial charge >= 0.3 is 6.09 Å². The van der Waals surface area contributed by atoms with Gasteiger partial charge in [-0.05, 0) is 71.2 Å². The van der Waals surface area contributed by atoms with Crippen LogP contribution < -0.4 is 10.0 Å². The topological polar surface area (TPSA) is 200 Å². The van der Waals surface area contributed by atoms with Gasteiger partial charge in [-0.3, -0.25) is 19.7 Å². The Morgan fingerprint density at radius 1 is 0.980 bits per heavy atom. The summed E-state index contributed by atoms with van der Waals surface area (Å²) in [6.45, 7) is 11.7. The van der Waals surface area contributed by atoms with E-state index in [4.69, 9.17) is 19.9 Å². The number of anilines is 1. The van der Waals surface area contributed by atoms with Gasteiger partial charge in [-0.25, -0.2) is 9.78 Å². The van der Waals surface area contributed by atoms with Crippen molar-refractivity contribution in [1.29, 1.82) is 5.41 Å². The largest absolute Gasteiger partial charge is 0.475 e. The second-order valence-electron chi connectivity index (χ2n) is 14.1. The Balaban J connectivity index is 0.00000289. The van der Waals surface area contributed by atoms with Gasteiger partial charge in [0.05, 0.1) is 11.7 Å². The van der Waals surface area contributed by atoms with Crippen LogP contribution in [0.25, 0.3) is 11.1 Å². The average Bonchev–Trinajstić information content (AvgIpc) is 3.60. The van der Waals surface area contributed by atoms with Crippen LogP contribution in [0.4, 0.5) is 10.6 Å². The summed E-state index contributed by atoms with van der Waals surface area (Å²) >= 11 is 1.20. The monoisotopic (exact) mass is 702 g/mol. The molecule has 1 aromatic heterocycles. The van der Waals surface area contributed by atoms with E-state index in [2.05, 4.69) is 10.0 Å². The summed E-state index contributed by atoms with van der Waals surface area (Å²) < 4.78 is 14.2. The summed E-state index contributed by atoms with van der Waals surface area (Å²) in [4.78, 5) is 47.6. The predicted octanol–water partition coefficient (Wildman–Crippen LogP) is 4.79. The number of ether oxygens (including phenoxy) is 2. The highest BCUT2D eigenvalue weighted by molar-refractivity contribution is 7.97. The zero-order valence-electron chi connectivity index (χ0n) is 29.4. The highest BCUT2D eigenvalue weighted by Crippen LogP contribution is 2.35. The second kappa shape index (κ2) is 16.7. The summed E-state index contributed by atoms with van der Waals surface area (Å²) in [5, 5.41) is 12.5. The molecule has 0 radical (unpaired) electrons. The highest BCUT2D eigenvalue weighted by Gasteiger charge is 2.44. The molecule has 0 spiro atoms. The van der Waals surface area contributed by atoms with Crippen LogP contribution in [0.1, 0.15) is 94.6 Å². The lowest BCUT2D eigenvalue weighted by molar-refractivity contribution is 0.0275. The second-order valence-corrected chi connectivity index (χ2v) is 14.7. The van der Waals surface area contributed by atoms with Crippen LogP contribution in [0.2, 0.25) is 0 Å². The molecule has 1 saturated carbocycles. The van der Waals surface area contributed by atoms with E-state index < -0.39 is 5.60 Å². The van der Waals surface area contributed by atoms with E-state index in [1.165, 1.54) is 18.4 Å². The molecule has 2 atom stereocenters. The number of nitrogens with one attached hydrogen (secondary N) is 3. The van der Waals surface area contributed by atoms with Crippen LogP contribution in [0.5, 0.6) is 0 Å². The van der Waals surface area contributed by atoms with Crippen molar-refractivity contribution >= 4 is 41.6 Å². The molecule has 272 valence electrons. The van der Waals surface area contributed by atoms with Gasteiger partial charge in [0.25, 0.3) is 11.8 Å². The maximum Gasteiger partial charge on any atom is 0.410 e. The minimum absolute atomic E-state index is 0. The number of hydrogen-bond donors (Lipinski definition) is 3. The lowest BCUT2D eigenvalue weighted by Crippen LogP contribution is -2.38. The summed E-state index contributed by atoms with van der Waals surface area (Å²) in [6, 6.07) is 9.19. The van der Waals surface area contributed by atoms with Crippen molar-refractivity contribution in [3.8, 4) is 11.1 Å². The highest BCUT2D eigenvalue weighted by atomic mass is 32.2. The number of nitrogens with zero attached hydrogens (tertiary/aromatic N) is 3. The number of rotatable bonds is 8. The van der Waals surface area contributed by atoms with Crippen LogP contribution in [0.3, 0.4) is 0 Å². The first-order valence-corrected chi connectivity index (χ1v) is 17.8. The third kappa shape index (κ3) is 9.64. The fourth-order valence-electron chi connectivity index (χ4n) is 6.71. The predicted molar refractivity (Wildman–Crippen MR) is 194 cm³/mol. The van der Waals surface area contributed by atoms with Crippen molar-refractivity contribution < 1.29 is 36.2 Å². The number of carbonyl (C=O) groups excluding carboxylic acids is 3. The first kappa shape index (κ1) is 39.6. The van der Waals surface area contributed by atoms with E-state index in [0.717, 1.165) is 31.2 Å². The van der Waals surface area contributed by atoms with Crippen molar-refractivity contribution in [3.63, 3.8) is 0 Å². The van der Waals surface area contributed by atoms with Gasteiger partial charge in [0.1, 0.15) is 17.1 Å². The van der Waals surface area contributed by atoms with E-state index >= 15 is 0 Å². The van der Waals surface area contributed by atoms with Crippen molar-refractivity contribution in [2.45, 2.75) is 84.5 Å².